The Balaban J connectivity index is 0.000000760. The molecule has 8 nitrogen and oxygen atoms in total. The molecule has 1 atom stereocenters. The van der Waals surface area contributed by atoms with Gasteiger partial charge in [0.25, 0.3) is 0 Å². The molecule has 1 fully saturated rings. The Hall–Kier alpha value is -1.67. The van der Waals surface area contributed by atoms with E-state index in [1.54, 1.807) is 0 Å². The Labute approximate surface area is 116 Å². The molecule has 1 heterocycles. The van der Waals surface area contributed by atoms with E-state index in [9.17, 15) is 19.5 Å². The second-order valence-electron chi connectivity index (χ2n) is 4.17. The zero-order chi connectivity index (χ0) is 15.8. The molecule has 0 saturated carbocycles. The summed E-state index contributed by atoms with van der Waals surface area (Å²) in [6, 6.07) is 0. The van der Waals surface area contributed by atoms with Crippen molar-refractivity contribution in [2.45, 2.75) is 31.5 Å². The lowest BCUT2D eigenvalue weighted by Crippen LogP contribution is -2.44. The lowest BCUT2D eigenvalue weighted by molar-refractivity contribution is -0.174. The van der Waals surface area contributed by atoms with Gasteiger partial charge in [-0.25, -0.2) is 4.79 Å². The Morgan fingerprint density at radius 1 is 1.10 bits per heavy atom. The van der Waals surface area contributed by atoms with Gasteiger partial charge in [-0.05, 0) is 6.92 Å². The monoisotopic (exact) mass is 292 g/mol. The second kappa shape index (κ2) is 8.49. The molecule has 0 aliphatic carbocycles. The highest BCUT2D eigenvalue weighted by atomic mass is 16.6. The molecule has 1 rings (SSSR count). The van der Waals surface area contributed by atoms with Crippen LogP contribution in [0.2, 0.25) is 0 Å². The van der Waals surface area contributed by atoms with Crippen LogP contribution >= 0.6 is 0 Å². The first-order valence-corrected chi connectivity index (χ1v) is 5.85. The smallest absolute Gasteiger partial charge is 0.339 e. The number of carbonyl (C=O) groups excluding carboxylic acids is 3. The van der Waals surface area contributed by atoms with Gasteiger partial charge in [0.1, 0.15) is 0 Å². The summed E-state index contributed by atoms with van der Waals surface area (Å²) in [7, 11) is 3.22. The van der Waals surface area contributed by atoms with Crippen molar-refractivity contribution in [3.63, 3.8) is 0 Å². The fourth-order valence-electron chi connectivity index (χ4n) is 1.11. The lowest BCUT2D eigenvalue weighted by atomic mass is 9.96. The topological polar surface area (TPSA) is 112 Å². The Morgan fingerprint density at radius 3 is 1.65 bits per heavy atom. The molecular formula is C12H20O8. The van der Waals surface area contributed by atoms with E-state index in [-0.39, 0.29) is 0 Å². The van der Waals surface area contributed by atoms with Crippen LogP contribution in [0.5, 0.6) is 0 Å². The predicted molar refractivity (Wildman–Crippen MR) is 65.6 cm³/mol. The largest absolute Gasteiger partial charge is 0.469 e. The lowest BCUT2D eigenvalue weighted by Gasteiger charge is -2.22. The van der Waals surface area contributed by atoms with Crippen molar-refractivity contribution in [3.05, 3.63) is 0 Å². The molecule has 0 aromatic rings. The number of hydrogen-bond acceptors (Lipinski definition) is 8. The van der Waals surface area contributed by atoms with Crippen molar-refractivity contribution in [2.75, 3.05) is 27.9 Å². The summed E-state index contributed by atoms with van der Waals surface area (Å²) in [5.74, 6) is -2.77. The number of epoxide rings is 1. The van der Waals surface area contributed by atoms with Crippen LogP contribution in [0.4, 0.5) is 0 Å². The Morgan fingerprint density at radius 2 is 1.45 bits per heavy atom. The summed E-state index contributed by atoms with van der Waals surface area (Å²) in [4.78, 5) is 33.2. The van der Waals surface area contributed by atoms with E-state index in [2.05, 4.69) is 21.1 Å². The predicted octanol–water partition coefficient (Wildman–Crippen LogP) is -0.578. The molecule has 8 heteroatoms. The van der Waals surface area contributed by atoms with Crippen LogP contribution in [0.25, 0.3) is 0 Å². The van der Waals surface area contributed by atoms with Crippen molar-refractivity contribution in [3.8, 4) is 0 Å². The molecule has 0 spiro atoms. The van der Waals surface area contributed by atoms with E-state index in [4.69, 9.17) is 4.74 Å². The van der Waals surface area contributed by atoms with Gasteiger partial charge in [-0.15, -0.1) is 0 Å². The maximum absolute atomic E-state index is 11.2. The maximum atomic E-state index is 11.2. The average Bonchev–Trinajstić information content (AvgIpc) is 3.20. The third-order valence-corrected chi connectivity index (χ3v) is 2.39. The number of ether oxygens (including phenoxy) is 4. The minimum Gasteiger partial charge on any atom is -0.469 e. The molecule has 0 aromatic heterocycles. The molecule has 1 N–H and O–H groups in total. The van der Waals surface area contributed by atoms with E-state index < -0.39 is 36.4 Å². The van der Waals surface area contributed by atoms with Gasteiger partial charge >= 0.3 is 17.9 Å². The molecular weight excluding hydrogens is 272 g/mol. The van der Waals surface area contributed by atoms with E-state index in [1.807, 2.05) is 0 Å². The van der Waals surface area contributed by atoms with Crippen molar-refractivity contribution in [1.82, 2.24) is 0 Å². The summed E-state index contributed by atoms with van der Waals surface area (Å²) in [6.07, 6.45) is -0.767. The first-order chi connectivity index (χ1) is 9.28. The van der Waals surface area contributed by atoms with Gasteiger partial charge in [-0.3, -0.25) is 9.59 Å². The maximum Gasteiger partial charge on any atom is 0.339 e. The van der Waals surface area contributed by atoms with Crippen molar-refractivity contribution < 1.29 is 38.4 Å². The molecule has 0 bridgehead atoms. The van der Waals surface area contributed by atoms with Crippen molar-refractivity contribution >= 4 is 17.9 Å². The number of carbonyl (C=O) groups is 3. The molecule has 0 amide bonds. The average molecular weight is 292 g/mol. The van der Waals surface area contributed by atoms with Gasteiger partial charge in [-0.1, -0.05) is 0 Å². The fraction of sp³-hybridized carbons (Fsp3) is 0.750. The third-order valence-electron chi connectivity index (χ3n) is 2.39. The summed E-state index contributed by atoms with van der Waals surface area (Å²) >= 11 is 0. The highest BCUT2D eigenvalue weighted by molar-refractivity contribution is 5.89. The van der Waals surface area contributed by atoms with Gasteiger partial charge in [0.2, 0.25) is 0 Å². The molecule has 1 aliphatic heterocycles. The van der Waals surface area contributed by atoms with E-state index in [0.717, 1.165) is 27.9 Å². The quantitative estimate of drug-likeness (QED) is 0.407. The molecule has 1 aliphatic rings. The highest BCUT2D eigenvalue weighted by Gasteiger charge is 2.42. The van der Waals surface area contributed by atoms with Crippen molar-refractivity contribution in [1.29, 1.82) is 0 Å². The number of hydrogen-bond donors (Lipinski definition) is 1. The first kappa shape index (κ1) is 18.3. The molecule has 1 unspecified atom stereocenters. The highest BCUT2D eigenvalue weighted by Crippen LogP contribution is 2.18. The van der Waals surface area contributed by atoms with Crippen molar-refractivity contribution in [2.24, 2.45) is 0 Å². The number of rotatable bonds is 5. The molecule has 1 saturated heterocycles. The summed E-state index contributed by atoms with van der Waals surface area (Å²) < 4.78 is 17.6. The minimum absolute atomic E-state index is 0.583. The standard InChI is InChI=1S/C9H14O7.C3H6O/c1-14-6(10)4-9(13,8(12)16-3)5-7(11)15-2;1-3-2-4-3/h13H,4-5H2,1-3H3;3H,2H2,1H3. The van der Waals surface area contributed by atoms with Crippen LogP contribution in [-0.4, -0.2) is 62.7 Å². The van der Waals surface area contributed by atoms with E-state index in [0.29, 0.717) is 6.10 Å². The summed E-state index contributed by atoms with van der Waals surface area (Å²) in [5, 5.41) is 9.81. The van der Waals surface area contributed by atoms with E-state index in [1.165, 1.54) is 0 Å². The van der Waals surface area contributed by atoms with Gasteiger partial charge in [0, 0.05) is 0 Å². The van der Waals surface area contributed by atoms with Crippen LogP contribution in [0, 0.1) is 0 Å². The Bertz CT molecular complexity index is 329. The molecule has 20 heavy (non-hydrogen) atoms. The third kappa shape index (κ3) is 7.05. The zero-order valence-electron chi connectivity index (χ0n) is 12.0. The van der Waals surface area contributed by atoms with Crippen LogP contribution in [0.3, 0.4) is 0 Å². The van der Waals surface area contributed by atoms with E-state index >= 15 is 0 Å². The van der Waals surface area contributed by atoms with Crippen LogP contribution in [-0.2, 0) is 33.3 Å². The molecule has 0 aromatic carbocycles. The van der Waals surface area contributed by atoms with Gasteiger partial charge in [0.05, 0.1) is 46.9 Å². The minimum atomic E-state index is -2.26. The van der Waals surface area contributed by atoms with Crippen LogP contribution in [0.15, 0.2) is 0 Å². The molecule has 116 valence electrons. The van der Waals surface area contributed by atoms with Crippen LogP contribution in [0.1, 0.15) is 19.8 Å². The SMILES string of the molecule is CC1CO1.COC(=O)CC(O)(CC(=O)OC)C(=O)OC. The number of esters is 3. The zero-order valence-corrected chi connectivity index (χ0v) is 12.0. The second-order valence-corrected chi connectivity index (χ2v) is 4.17. The number of aliphatic hydroxyl groups is 1. The normalized spacial score (nSPS) is 16.4. The van der Waals surface area contributed by atoms with Gasteiger partial charge in [-0.2, -0.15) is 0 Å². The van der Waals surface area contributed by atoms with Gasteiger partial charge < -0.3 is 24.1 Å². The van der Waals surface area contributed by atoms with Crippen LogP contribution < -0.4 is 0 Å². The number of methoxy groups -OCH3 is 3. The Kier molecular flexibility index (Phi) is 7.78. The summed E-state index contributed by atoms with van der Waals surface area (Å²) in [6.45, 7) is 3.04. The van der Waals surface area contributed by atoms with Gasteiger partial charge in [0.15, 0.2) is 5.60 Å². The first-order valence-electron chi connectivity index (χ1n) is 5.85. The molecule has 0 radical (unpaired) electrons. The fourth-order valence-corrected chi connectivity index (χ4v) is 1.11. The summed E-state index contributed by atoms with van der Waals surface area (Å²) in [5.41, 5.74) is -2.26.